The number of hydrogen-bond acceptors (Lipinski definition) is 5. The molecule has 0 aliphatic carbocycles. The summed E-state index contributed by atoms with van der Waals surface area (Å²) in [6, 6.07) is 5.61. The molecule has 0 saturated heterocycles. The van der Waals surface area contributed by atoms with Gasteiger partial charge in [0, 0.05) is 6.54 Å². The molecule has 21 heavy (non-hydrogen) atoms. The minimum Gasteiger partial charge on any atom is -0.478 e. The van der Waals surface area contributed by atoms with Crippen LogP contribution in [0.1, 0.15) is 23.0 Å². The fourth-order valence-electron chi connectivity index (χ4n) is 1.85. The van der Waals surface area contributed by atoms with E-state index in [1.807, 2.05) is 0 Å². The first-order valence-corrected chi connectivity index (χ1v) is 6.17. The van der Waals surface area contributed by atoms with Crippen LogP contribution in [0, 0.1) is 17.0 Å². The fourth-order valence-corrected chi connectivity index (χ4v) is 1.85. The predicted octanol–water partition coefficient (Wildman–Crippen LogP) is 2.61. The molecule has 1 N–H and O–H groups in total. The maximum Gasteiger partial charge on any atom is 0.353 e. The highest BCUT2D eigenvalue weighted by Gasteiger charge is 2.27. The van der Waals surface area contributed by atoms with Gasteiger partial charge in [0.15, 0.2) is 0 Å². The van der Waals surface area contributed by atoms with Gasteiger partial charge in [-0.25, -0.2) is 9.48 Å². The Hall–Kier alpha value is -2.90. The molecule has 0 radical (unpaired) electrons. The number of aromatic nitrogens is 2. The molecular weight excluding hydrogens is 278 g/mol. The largest absolute Gasteiger partial charge is 0.478 e. The third-order valence-corrected chi connectivity index (χ3v) is 2.85. The van der Waals surface area contributed by atoms with E-state index in [2.05, 4.69) is 5.10 Å². The molecule has 1 heterocycles. The lowest BCUT2D eigenvalue weighted by Crippen LogP contribution is -2.01. The number of benzene rings is 1. The van der Waals surface area contributed by atoms with Crippen molar-refractivity contribution in [1.82, 2.24) is 9.78 Å². The van der Waals surface area contributed by atoms with Crippen molar-refractivity contribution in [1.29, 1.82) is 0 Å². The number of carboxylic acid groups (broad SMARTS) is 1. The van der Waals surface area contributed by atoms with E-state index < -0.39 is 10.9 Å². The number of carbonyl (C=O) groups is 1. The molecule has 0 aliphatic rings. The van der Waals surface area contributed by atoms with Crippen molar-refractivity contribution in [3.8, 4) is 11.6 Å². The molecule has 2 aromatic rings. The number of carboxylic acids is 1. The summed E-state index contributed by atoms with van der Waals surface area (Å²) in [5, 5.41) is 24.0. The SMILES string of the molecule is CCn1nc(C)c([N+](=O)[O-])c1Oc1ccc(C(=O)O)cc1. The molecule has 0 amide bonds. The number of nitrogens with zero attached hydrogens (tertiary/aromatic N) is 3. The van der Waals surface area contributed by atoms with E-state index in [1.54, 1.807) is 6.92 Å². The van der Waals surface area contributed by atoms with Crippen molar-refractivity contribution in [3.05, 3.63) is 45.6 Å². The van der Waals surface area contributed by atoms with Crippen molar-refractivity contribution < 1.29 is 19.6 Å². The summed E-state index contributed by atoms with van der Waals surface area (Å²) in [5.41, 5.74) is 0.176. The first-order chi connectivity index (χ1) is 9.93. The summed E-state index contributed by atoms with van der Waals surface area (Å²) in [6.45, 7) is 3.73. The predicted molar refractivity (Wildman–Crippen MR) is 72.8 cm³/mol. The number of nitro groups is 1. The average molecular weight is 291 g/mol. The van der Waals surface area contributed by atoms with E-state index in [0.717, 1.165) is 0 Å². The Morgan fingerprint density at radius 1 is 1.43 bits per heavy atom. The van der Waals surface area contributed by atoms with Gasteiger partial charge in [0.25, 0.3) is 5.88 Å². The summed E-state index contributed by atoms with van der Waals surface area (Å²) in [4.78, 5) is 21.3. The van der Waals surface area contributed by atoms with Gasteiger partial charge in [-0.3, -0.25) is 10.1 Å². The number of hydrogen-bond donors (Lipinski definition) is 1. The van der Waals surface area contributed by atoms with Gasteiger partial charge < -0.3 is 9.84 Å². The van der Waals surface area contributed by atoms with Crippen LogP contribution in [-0.4, -0.2) is 25.8 Å². The van der Waals surface area contributed by atoms with E-state index in [9.17, 15) is 14.9 Å². The second-order valence-corrected chi connectivity index (χ2v) is 4.24. The van der Waals surface area contributed by atoms with Gasteiger partial charge in [-0.2, -0.15) is 5.10 Å². The minimum absolute atomic E-state index is 0.0306. The van der Waals surface area contributed by atoms with Gasteiger partial charge in [0.2, 0.25) is 0 Å². The van der Waals surface area contributed by atoms with E-state index in [1.165, 1.54) is 35.9 Å². The summed E-state index contributed by atoms with van der Waals surface area (Å²) in [5.74, 6) is -0.720. The molecule has 0 saturated carbocycles. The molecule has 110 valence electrons. The van der Waals surface area contributed by atoms with Crippen LogP contribution < -0.4 is 4.74 Å². The van der Waals surface area contributed by atoms with Crippen LogP contribution >= 0.6 is 0 Å². The molecule has 0 bridgehead atoms. The van der Waals surface area contributed by atoms with Crippen molar-refractivity contribution in [2.45, 2.75) is 20.4 Å². The zero-order valence-corrected chi connectivity index (χ0v) is 11.4. The Kier molecular flexibility index (Phi) is 3.88. The molecule has 0 fully saturated rings. The molecule has 1 aromatic carbocycles. The van der Waals surface area contributed by atoms with Gasteiger partial charge in [-0.15, -0.1) is 0 Å². The Morgan fingerprint density at radius 3 is 2.52 bits per heavy atom. The quantitative estimate of drug-likeness (QED) is 0.670. The van der Waals surface area contributed by atoms with Gasteiger partial charge in [-0.1, -0.05) is 0 Å². The lowest BCUT2D eigenvalue weighted by Gasteiger charge is -2.06. The van der Waals surface area contributed by atoms with Crippen molar-refractivity contribution in [2.75, 3.05) is 0 Å². The molecular formula is C13H13N3O5. The second kappa shape index (κ2) is 5.61. The molecule has 8 heteroatoms. The monoisotopic (exact) mass is 291 g/mol. The van der Waals surface area contributed by atoms with Crippen LogP contribution in [-0.2, 0) is 6.54 Å². The highest BCUT2D eigenvalue weighted by molar-refractivity contribution is 5.87. The number of ether oxygens (including phenoxy) is 1. The highest BCUT2D eigenvalue weighted by Crippen LogP contribution is 2.34. The zero-order chi connectivity index (χ0) is 15.6. The molecule has 2 rings (SSSR count). The van der Waals surface area contributed by atoms with E-state index in [-0.39, 0.29) is 22.8 Å². The molecule has 0 aliphatic heterocycles. The smallest absolute Gasteiger partial charge is 0.353 e. The molecule has 0 unspecified atom stereocenters. The Morgan fingerprint density at radius 2 is 2.05 bits per heavy atom. The minimum atomic E-state index is -1.05. The standard InChI is InChI=1S/C13H13N3O5/c1-3-15-12(11(16(19)20)8(2)14-15)21-10-6-4-9(5-7-10)13(17)18/h4-7H,3H2,1-2H3,(H,17,18). The molecule has 1 aromatic heterocycles. The maximum atomic E-state index is 11.1. The van der Waals surface area contributed by atoms with Crippen molar-refractivity contribution >= 4 is 11.7 Å². The van der Waals surface area contributed by atoms with Crippen molar-refractivity contribution in [2.24, 2.45) is 0 Å². The topological polar surface area (TPSA) is 107 Å². The normalized spacial score (nSPS) is 10.4. The van der Waals surface area contributed by atoms with E-state index in [4.69, 9.17) is 9.84 Å². The number of aryl methyl sites for hydroxylation is 2. The Labute approximate surface area is 119 Å². The van der Waals surface area contributed by atoms with Crippen LogP contribution in [0.4, 0.5) is 5.69 Å². The summed E-state index contributed by atoms with van der Waals surface area (Å²) in [6.07, 6.45) is 0. The van der Waals surface area contributed by atoms with E-state index >= 15 is 0 Å². The van der Waals surface area contributed by atoms with Crippen LogP contribution in [0.5, 0.6) is 11.6 Å². The van der Waals surface area contributed by atoms with Crippen LogP contribution in [0.15, 0.2) is 24.3 Å². The summed E-state index contributed by atoms with van der Waals surface area (Å²) in [7, 11) is 0. The third kappa shape index (κ3) is 2.83. The lowest BCUT2D eigenvalue weighted by molar-refractivity contribution is -0.386. The fraction of sp³-hybridized carbons (Fsp3) is 0.231. The average Bonchev–Trinajstić information content (AvgIpc) is 2.75. The van der Waals surface area contributed by atoms with Crippen LogP contribution in [0.3, 0.4) is 0 Å². The van der Waals surface area contributed by atoms with Gasteiger partial charge >= 0.3 is 11.7 Å². The first-order valence-electron chi connectivity index (χ1n) is 6.17. The Balaban J connectivity index is 2.38. The van der Waals surface area contributed by atoms with Gasteiger partial charge in [0.05, 0.1) is 10.5 Å². The van der Waals surface area contributed by atoms with E-state index in [0.29, 0.717) is 12.3 Å². The van der Waals surface area contributed by atoms with Crippen molar-refractivity contribution in [3.63, 3.8) is 0 Å². The van der Waals surface area contributed by atoms with Gasteiger partial charge in [0.1, 0.15) is 11.4 Å². The van der Waals surface area contributed by atoms with Crippen LogP contribution in [0.2, 0.25) is 0 Å². The summed E-state index contributed by atoms with van der Waals surface area (Å²) < 4.78 is 6.90. The third-order valence-electron chi connectivity index (χ3n) is 2.85. The second-order valence-electron chi connectivity index (χ2n) is 4.24. The Bertz CT molecular complexity index is 691. The summed E-state index contributed by atoms with van der Waals surface area (Å²) >= 11 is 0. The zero-order valence-electron chi connectivity index (χ0n) is 11.4. The van der Waals surface area contributed by atoms with Crippen LogP contribution in [0.25, 0.3) is 0 Å². The lowest BCUT2D eigenvalue weighted by atomic mass is 10.2. The highest BCUT2D eigenvalue weighted by atomic mass is 16.6. The molecule has 0 spiro atoms. The number of rotatable bonds is 5. The molecule has 0 atom stereocenters. The maximum absolute atomic E-state index is 11.1. The van der Waals surface area contributed by atoms with Gasteiger partial charge in [-0.05, 0) is 38.1 Å². The molecule has 8 nitrogen and oxygen atoms in total. The number of aromatic carboxylic acids is 1. The first kappa shape index (κ1) is 14.5.